The molecular formula is C33H68N2O4S4. The van der Waals surface area contributed by atoms with Crippen LogP contribution in [0.3, 0.4) is 0 Å². The first kappa shape index (κ1) is 45.4. The topological polar surface area (TPSA) is 59.1 Å². The normalized spacial score (nSPS) is 12.2. The number of carbonyl (C=O) groups is 2. The summed E-state index contributed by atoms with van der Waals surface area (Å²) in [4.78, 5) is 28.5. The van der Waals surface area contributed by atoms with Gasteiger partial charge in [-0.3, -0.25) is 9.59 Å². The molecule has 0 radical (unpaired) electrons. The maximum Gasteiger partial charge on any atom is 0.307 e. The Hall–Kier alpha value is 0.260. The highest BCUT2D eigenvalue weighted by atomic mass is 33.1. The summed E-state index contributed by atoms with van der Waals surface area (Å²) < 4.78 is 10.8. The van der Waals surface area contributed by atoms with Crippen LogP contribution < -0.4 is 0 Å². The second-order valence-electron chi connectivity index (χ2n) is 13.6. The fraction of sp³-hybridized carbons (Fsp3) is 0.939. The molecule has 43 heavy (non-hydrogen) atoms. The molecule has 0 N–H and O–H groups in total. The van der Waals surface area contributed by atoms with E-state index in [1.54, 1.807) is 21.6 Å². The molecule has 0 atom stereocenters. The lowest BCUT2D eigenvalue weighted by atomic mass is 9.86. The van der Waals surface area contributed by atoms with Gasteiger partial charge >= 0.3 is 11.9 Å². The maximum atomic E-state index is 12.1. The second-order valence-corrected chi connectivity index (χ2v) is 18.8. The van der Waals surface area contributed by atoms with E-state index in [2.05, 4.69) is 65.2 Å². The van der Waals surface area contributed by atoms with Crippen LogP contribution in [0.25, 0.3) is 0 Å². The molecule has 0 unspecified atom stereocenters. The van der Waals surface area contributed by atoms with Gasteiger partial charge in [-0.05, 0) is 69.1 Å². The van der Waals surface area contributed by atoms with Crippen molar-refractivity contribution in [2.45, 2.75) is 101 Å². The van der Waals surface area contributed by atoms with Crippen LogP contribution in [-0.2, 0) is 19.1 Å². The third kappa shape index (κ3) is 32.0. The number of hydrogen-bond acceptors (Lipinski definition) is 10. The zero-order valence-electron chi connectivity index (χ0n) is 29.9. The van der Waals surface area contributed by atoms with E-state index in [4.69, 9.17) is 9.47 Å². The predicted molar refractivity (Wildman–Crippen MR) is 198 cm³/mol. The summed E-state index contributed by atoms with van der Waals surface area (Å²) in [6.45, 7) is 26.6. The quantitative estimate of drug-likeness (QED) is 0.0501. The molecule has 10 heteroatoms. The summed E-state index contributed by atoms with van der Waals surface area (Å²) in [5.74, 6) is 5.08. The average Bonchev–Trinajstić information content (AvgIpc) is 2.89. The van der Waals surface area contributed by atoms with Gasteiger partial charge in [0.15, 0.2) is 0 Å². The molecule has 0 spiro atoms. The predicted octanol–water partition coefficient (Wildman–Crippen LogP) is 9.04. The van der Waals surface area contributed by atoms with Crippen LogP contribution in [0, 0.1) is 22.7 Å². The van der Waals surface area contributed by atoms with E-state index >= 15 is 0 Å². The van der Waals surface area contributed by atoms with Crippen LogP contribution >= 0.6 is 43.2 Å². The molecule has 0 saturated heterocycles. The van der Waals surface area contributed by atoms with Crippen molar-refractivity contribution in [3.63, 3.8) is 0 Å². The molecule has 0 aromatic rings. The van der Waals surface area contributed by atoms with Crippen LogP contribution in [0.4, 0.5) is 0 Å². The van der Waals surface area contributed by atoms with Crippen LogP contribution in [0.15, 0.2) is 0 Å². The Morgan fingerprint density at radius 3 is 1.30 bits per heavy atom. The van der Waals surface area contributed by atoms with Crippen molar-refractivity contribution in [3.05, 3.63) is 0 Å². The lowest BCUT2D eigenvalue weighted by molar-refractivity contribution is -0.144. The molecule has 258 valence electrons. The molecule has 0 aliphatic rings. The summed E-state index contributed by atoms with van der Waals surface area (Å²) in [5.41, 5.74) is 0.688. The number of nitrogens with zero attached hydrogens (tertiary/aromatic N) is 2. The standard InChI is InChI=1S/C31H62N2O4S4.C2H6/c1-26(2)22-30(5,6)24-40-38-20-18-36-28(34)12-16-32(9)14-11-15-33(10)17-13-29(35)37-19-21-39-41-25-31(7,8)23-27(3)4;1-2/h26-27H,11-25H2,1-10H3;1-2H3. The summed E-state index contributed by atoms with van der Waals surface area (Å²) in [7, 11) is 11.4. The van der Waals surface area contributed by atoms with E-state index < -0.39 is 0 Å². The van der Waals surface area contributed by atoms with Gasteiger partial charge in [0.2, 0.25) is 0 Å². The van der Waals surface area contributed by atoms with Crippen LogP contribution in [0.2, 0.25) is 0 Å². The monoisotopic (exact) mass is 684 g/mol. The van der Waals surface area contributed by atoms with E-state index in [-0.39, 0.29) is 11.9 Å². The lowest BCUT2D eigenvalue weighted by Crippen LogP contribution is -2.29. The highest BCUT2D eigenvalue weighted by Gasteiger charge is 2.20. The minimum atomic E-state index is -0.120. The smallest absolute Gasteiger partial charge is 0.307 e. The van der Waals surface area contributed by atoms with E-state index in [0.717, 1.165) is 42.5 Å². The van der Waals surface area contributed by atoms with Gasteiger partial charge in [0, 0.05) is 36.1 Å². The minimum absolute atomic E-state index is 0.120. The van der Waals surface area contributed by atoms with E-state index in [0.29, 0.717) is 61.8 Å². The third-order valence-electron chi connectivity index (χ3n) is 6.32. The van der Waals surface area contributed by atoms with Gasteiger partial charge < -0.3 is 19.3 Å². The average molecular weight is 685 g/mol. The molecule has 0 fully saturated rings. The number of hydrogen-bond donors (Lipinski definition) is 0. The van der Waals surface area contributed by atoms with Crippen LogP contribution in [0.5, 0.6) is 0 Å². The Kier molecular flexibility index (Phi) is 28.9. The largest absolute Gasteiger partial charge is 0.465 e. The first-order valence-electron chi connectivity index (χ1n) is 16.3. The Bertz CT molecular complexity index is 638. The summed E-state index contributed by atoms with van der Waals surface area (Å²) in [6, 6.07) is 0. The van der Waals surface area contributed by atoms with Crippen LogP contribution in [-0.4, -0.2) is 98.2 Å². The molecule has 0 aromatic heterocycles. The number of esters is 2. The summed E-state index contributed by atoms with van der Waals surface area (Å²) in [5, 5.41) is 0. The highest BCUT2D eigenvalue weighted by Crippen LogP contribution is 2.35. The van der Waals surface area contributed by atoms with Gasteiger partial charge in [0.25, 0.3) is 0 Å². The number of ether oxygens (including phenoxy) is 2. The molecule has 0 heterocycles. The number of rotatable bonds is 26. The van der Waals surface area contributed by atoms with Crippen molar-refractivity contribution in [1.29, 1.82) is 0 Å². The molecular weight excluding hydrogens is 617 g/mol. The molecule has 0 aromatic carbocycles. The van der Waals surface area contributed by atoms with E-state index in [1.807, 2.05) is 49.5 Å². The van der Waals surface area contributed by atoms with Crippen molar-refractivity contribution in [2.75, 3.05) is 76.5 Å². The molecule has 0 amide bonds. The van der Waals surface area contributed by atoms with Crippen molar-refractivity contribution < 1.29 is 19.1 Å². The highest BCUT2D eigenvalue weighted by molar-refractivity contribution is 8.77. The van der Waals surface area contributed by atoms with Gasteiger partial charge in [0.1, 0.15) is 13.2 Å². The molecule has 0 rings (SSSR count). The summed E-state index contributed by atoms with van der Waals surface area (Å²) in [6.07, 6.45) is 4.28. The van der Waals surface area contributed by atoms with Gasteiger partial charge in [-0.1, -0.05) is 112 Å². The van der Waals surface area contributed by atoms with Crippen molar-refractivity contribution in [3.8, 4) is 0 Å². The first-order chi connectivity index (χ1) is 20.1. The maximum absolute atomic E-state index is 12.1. The molecule has 0 aliphatic heterocycles. The van der Waals surface area contributed by atoms with Gasteiger partial charge in [0.05, 0.1) is 12.8 Å². The van der Waals surface area contributed by atoms with E-state index in [1.165, 1.54) is 12.8 Å². The first-order valence-corrected chi connectivity index (χ1v) is 21.3. The fourth-order valence-corrected chi connectivity index (χ4v) is 9.88. The van der Waals surface area contributed by atoms with Gasteiger partial charge in [-0.2, -0.15) is 0 Å². The Morgan fingerprint density at radius 1 is 0.628 bits per heavy atom. The Labute approximate surface area is 283 Å². The molecule has 0 bridgehead atoms. The Morgan fingerprint density at radius 2 is 0.977 bits per heavy atom. The number of carbonyl (C=O) groups excluding carboxylic acids is 2. The van der Waals surface area contributed by atoms with Crippen molar-refractivity contribution in [2.24, 2.45) is 22.7 Å². The molecule has 0 saturated carbocycles. The van der Waals surface area contributed by atoms with E-state index in [9.17, 15) is 9.59 Å². The Balaban J connectivity index is 0. The second kappa shape index (κ2) is 27.4. The zero-order chi connectivity index (χ0) is 33.3. The van der Waals surface area contributed by atoms with Crippen molar-refractivity contribution in [1.82, 2.24) is 9.80 Å². The molecule has 0 aliphatic carbocycles. The minimum Gasteiger partial charge on any atom is -0.465 e. The fourth-order valence-electron chi connectivity index (χ4n) is 4.77. The SMILES string of the molecule is CC.CC(C)CC(C)(C)CSSCCOC(=O)CCN(C)CCCN(C)CCC(=O)OCCSSCC(C)(C)CC(C)C. The van der Waals surface area contributed by atoms with Gasteiger partial charge in [-0.15, -0.1) is 0 Å². The lowest BCUT2D eigenvalue weighted by Gasteiger charge is -2.25. The van der Waals surface area contributed by atoms with Crippen molar-refractivity contribution >= 4 is 55.1 Å². The molecule has 6 nitrogen and oxygen atoms in total. The van der Waals surface area contributed by atoms with Crippen LogP contribution in [0.1, 0.15) is 101 Å². The van der Waals surface area contributed by atoms with Gasteiger partial charge in [-0.25, -0.2) is 0 Å². The third-order valence-corrected chi connectivity index (χ3v) is 11.8. The summed E-state index contributed by atoms with van der Waals surface area (Å²) >= 11 is 0. The zero-order valence-corrected chi connectivity index (χ0v) is 33.2.